The van der Waals surface area contributed by atoms with Crippen LogP contribution in [0.1, 0.15) is 26.2 Å². The molecule has 0 aromatic carbocycles. The Morgan fingerprint density at radius 1 is 1.79 bits per heavy atom. The maximum atomic E-state index is 11.3. The predicted octanol–water partition coefficient (Wildman–Crippen LogP) is 1.23. The first-order chi connectivity index (χ1) is 6.62. The molecule has 3 heteroatoms. The van der Waals surface area contributed by atoms with Crippen LogP contribution in [0.2, 0.25) is 0 Å². The highest BCUT2D eigenvalue weighted by atomic mass is 16.5. The van der Waals surface area contributed by atoms with Gasteiger partial charge in [-0.25, -0.2) is 0 Å². The van der Waals surface area contributed by atoms with Crippen LogP contribution in [0.4, 0.5) is 0 Å². The Morgan fingerprint density at radius 3 is 2.86 bits per heavy atom. The fraction of sp³-hybridized carbons (Fsp3) is 0.727. The molecule has 78 valence electrons. The van der Waals surface area contributed by atoms with Crippen molar-refractivity contribution in [3.05, 3.63) is 12.2 Å². The van der Waals surface area contributed by atoms with Crippen molar-refractivity contribution >= 4 is 5.97 Å². The molecular formula is C11H17NO2. The number of hydrogen-bond acceptors (Lipinski definition) is 3. The minimum absolute atomic E-state index is 0.275. The minimum Gasteiger partial charge on any atom is -0.465 e. The highest BCUT2D eigenvalue weighted by molar-refractivity contribution is 5.75. The molecule has 1 spiro atoms. The number of hydrogen-bond donors (Lipinski definition) is 1. The Hall–Kier alpha value is -0.830. The molecule has 3 nitrogen and oxygen atoms in total. The van der Waals surface area contributed by atoms with Crippen LogP contribution in [-0.2, 0) is 9.53 Å². The van der Waals surface area contributed by atoms with Crippen molar-refractivity contribution in [2.24, 2.45) is 17.1 Å². The predicted molar refractivity (Wildman–Crippen MR) is 53.5 cm³/mol. The van der Waals surface area contributed by atoms with Gasteiger partial charge in [0.2, 0.25) is 0 Å². The summed E-state index contributed by atoms with van der Waals surface area (Å²) in [5.41, 5.74) is 7.45. The minimum atomic E-state index is -0.461. The molecule has 0 aromatic rings. The van der Waals surface area contributed by atoms with Gasteiger partial charge in [0, 0.05) is 0 Å². The monoisotopic (exact) mass is 195 g/mol. The Balaban J connectivity index is 1.81. The SMILES string of the molecule is C=C1C(CC(N)C(=O)OCC)C12CC2. The average molecular weight is 195 g/mol. The summed E-state index contributed by atoms with van der Waals surface area (Å²) < 4.78 is 4.86. The van der Waals surface area contributed by atoms with E-state index in [0.717, 1.165) is 6.42 Å². The first kappa shape index (κ1) is 9.71. The molecule has 0 aromatic heterocycles. The average Bonchev–Trinajstić information content (AvgIpc) is 3.02. The van der Waals surface area contributed by atoms with Crippen LogP contribution < -0.4 is 5.73 Å². The molecule has 2 unspecified atom stereocenters. The standard InChI is InChI=1S/C11H17NO2/c1-3-14-10(13)9(12)6-8-7(2)11(8)4-5-11/h8-9H,2-6,12H2,1H3. The van der Waals surface area contributed by atoms with E-state index in [1.807, 2.05) is 0 Å². The third kappa shape index (κ3) is 1.36. The Bertz CT molecular complexity index is 281. The summed E-state index contributed by atoms with van der Waals surface area (Å²) in [7, 11) is 0. The van der Waals surface area contributed by atoms with Gasteiger partial charge in [0.15, 0.2) is 0 Å². The summed E-state index contributed by atoms with van der Waals surface area (Å²) >= 11 is 0. The van der Waals surface area contributed by atoms with Crippen molar-refractivity contribution in [2.75, 3.05) is 6.61 Å². The molecule has 2 saturated carbocycles. The fourth-order valence-electron chi connectivity index (χ4n) is 2.34. The number of esters is 1. The van der Waals surface area contributed by atoms with E-state index in [0.29, 0.717) is 17.9 Å². The molecule has 2 atom stereocenters. The highest BCUT2D eigenvalue weighted by Gasteiger charge is 2.66. The second kappa shape index (κ2) is 3.09. The van der Waals surface area contributed by atoms with E-state index in [4.69, 9.17) is 10.5 Å². The lowest BCUT2D eigenvalue weighted by Crippen LogP contribution is -2.32. The summed E-state index contributed by atoms with van der Waals surface area (Å²) in [6, 6.07) is -0.461. The molecule has 2 rings (SSSR count). The van der Waals surface area contributed by atoms with Gasteiger partial charge in [0.1, 0.15) is 6.04 Å². The summed E-state index contributed by atoms with van der Waals surface area (Å²) in [4.78, 5) is 11.3. The highest BCUT2D eigenvalue weighted by Crippen LogP contribution is 2.75. The summed E-state index contributed by atoms with van der Waals surface area (Å²) in [6.07, 6.45) is 3.20. The van der Waals surface area contributed by atoms with Gasteiger partial charge in [-0.05, 0) is 37.5 Å². The maximum absolute atomic E-state index is 11.3. The second-order valence-corrected chi connectivity index (χ2v) is 4.33. The number of carbonyl (C=O) groups excluding carboxylic acids is 1. The number of carbonyl (C=O) groups is 1. The van der Waals surface area contributed by atoms with Crippen LogP contribution in [0.3, 0.4) is 0 Å². The lowest BCUT2D eigenvalue weighted by atomic mass is 10.1. The summed E-state index contributed by atoms with van der Waals surface area (Å²) in [6.45, 7) is 6.21. The van der Waals surface area contributed by atoms with E-state index >= 15 is 0 Å². The summed E-state index contributed by atoms with van der Waals surface area (Å²) in [5.74, 6) is 0.213. The van der Waals surface area contributed by atoms with Gasteiger partial charge < -0.3 is 10.5 Å². The number of rotatable bonds is 4. The molecule has 2 aliphatic rings. The molecule has 2 aliphatic carbocycles. The zero-order valence-corrected chi connectivity index (χ0v) is 8.58. The van der Waals surface area contributed by atoms with Crippen molar-refractivity contribution in [1.82, 2.24) is 0 Å². The van der Waals surface area contributed by atoms with Gasteiger partial charge in [-0.2, -0.15) is 0 Å². The largest absolute Gasteiger partial charge is 0.465 e. The molecule has 0 saturated heterocycles. The Morgan fingerprint density at radius 2 is 2.43 bits per heavy atom. The van der Waals surface area contributed by atoms with E-state index in [9.17, 15) is 4.79 Å². The smallest absolute Gasteiger partial charge is 0.322 e. The van der Waals surface area contributed by atoms with Gasteiger partial charge in [0.05, 0.1) is 6.61 Å². The van der Waals surface area contributed by atoms with E-state index in [2.05, 4.69) is 6.58 Å². The van der Waals surface area contributed by atoms with Gasteiger partial charge in [-0.1, -0.05) is 12.2 Å². The maximum Gasteiger partial charge on any atom is 0.322 e. The van der Waals surface area contributed by atoms with E-state index in [1.54, 1.807) is 6.92 Å². The number of nitrogens with two attached hydrogens (primary N) is 1. The lowest BCUT2D eigenvalue weighted by molar-refractivity contribution is -0.144. The van der Waals surface area contributed by atoms with E-state index in [-0.39, 0.29) is 5.97 Å². The van der Waals surface area contributed by atoms with Gasteiger partial charge in [-0.3, -0.25) is 4.79 Å². The van der Waals surface area contributed by atoms with Crippen LogP contribution >= 0.6 is 0 Å². The van der Waals surface area contributed by atoms with Crippen molar-refractivity contribution in [3.8, 4) is 0 Å². The molecule has 0 heterocycles. The first-order valence-corrected chi connectivity index (χ1v) is 5.23. The fourth-order valence-corrected chi connectivity index (χ4v) is 2.34. The summed E-state index contributed by atoms with van der Waals surface area (Å²) in [5, 5.41) is 0. The van der Waals surface area contributed by atoms with Gasteiger partial charge in [-0.15, -0.1) is 0 Å². The van der Waals surface area contributed by atoms with Crippen LogP contribution in [0.15, 0.2) is 12.2 Å². The zero-order valence-electron chi connectivity index (χ0n) is 8.58. The molecule has 2 N–H and O–H groups in total. The quantitative estimate of drug-likeness (QED) is 0.542. The molecule has 2 fully saturated rings. The first-order valence-electron chi connectivity index (χ1n) is 5.23. The van der Waals surface area contributed by atoms with Gasteiger partial charge in [0.25, 0.3) is 0 Å². The molecule has 0 radical (unpaired) electrons. The van der Waals surface area contributed by atoms with Crippen molar-refractivity contribution in [3.63, 3.8) is 0 Å². The van der Waals surface area contributed by atoms with Crippen molar-refractivity contribution in [2.45, 2.75) is 32.2 Å². The number of ether oxygens (including phenoxy) is 1. The second-order valence-electron chi connectivity index (χ2n) is 4.33. The third-order valence-electron chi connectivity index (χ3n) is 3.51. The van der Waals surface area contributed by atoms with Crippen LogP contribution in [0, 0.1) is 11.3 Å². The Kier molecular flexibility index (Phi) is 2.14. The van der Waals surface area contributed by atoms with Crippen molar-refractivity contribution in [1.29, 1.82) is 0 Å². The van der Waals surface area contributed by atoms with Crippen LogP contribution in [0.5, 0.6) is 0 Å². The van der Waals surface area contributed by atoms with Gasteiger partial charge >= 0.3 is 5.97 Å². The normalized spacial score (nSPS) is 28.7. The molecule has 0 bridgehead atoms. The topological polar surface area (TPSA) is 52.3 Å². The molecular weight excluding hydrogens is 178 g/mol. The number of allylic oxidation sites excluding steroid dienone is 1. The molecule has 0 aliphatic heterocycles. The third-order valence-corrected chi connectivity index (χ3v) is 3.51. The Labute approximate surface area is 84.3 Å². The molecule has 14 heavy (non-hydrogen) atoms. The van der Waals surface area contributed by atoms with E-state index < -0.39 is 6.04 Å². The van der Waals surface area contributed by atoms with E-state index in [1.165, 1.54) is 18.4 Å². The van der Waals surface area contributed by atoms with Crippen LogP contribution in [0.25, 0.3) is 0 Å². The van der Waals surface area contributed by atoms with Crippen molar-refractivity contribution < 1.29 is 9.53 Å². The lowest BCUT2D eigenvalue weighted by Gasteiger charge is -2.09. The molecule has 0 amide bonds. The zero-order chi connectivity index (χ0) is 10.3. The van der Waals surface area contributed by atoms with Crippen LogP contribution in [-0.4, -0.2) is 18.6 Å².